The molecule has 4 fully saturated rings. The van der Waals surface area contributed by atoms with Gasteiger partial charge in [-0.25, -0.2) is 0 Å². The van der Waals surface area contributed by atoms with Crippen molar-refractivity contribution in [3.63, 3.8) is 0 Å². The zero-order valence-electron chi connectivity index (χ0n) is 49.2. The van der Waals surface area contributed by atoms with Crippen molar-refractivity contribution < 1.29 is 148 Å². The molecule has 0 aliphatic carbocycles. The van der Waals surface area contributed by atoms with E-state index in [0.29, 0.717) is 4.90 Å². The summed E-state index contributed by atoms with van der Waals surface area (Å²) in [7, 11) is 0. The Bertz CT molecular complexity index is 2610. The lowest BCUT2D eigenvalue weighted by Gasteiger charge is -2.51. The van der Waals surface area contributed by atoms with Gasteiger partial charge in [0, 0.05) is 88.0 Å². The molecule has 0 N–H and O–H groups in total. The van der Waals surface area contributed by atoms with Crippen LogP contribution in [0.1, 0.15) is 88.6 Å². The molecule has 32 heteroatoms. The number of rotatable bonds is 23. The largest absolute Gasteiger partial charge is 0.463 e. The fourth-order valence-corrected chi connectivity index (χ4v) is 10.5. The van der Waals surface area contributed by atoms with Gasteiger partial charge in [0.2, 0.25) is 0 Å². The van der Waals surface area contributed by atoms with Crippen LogP contribution in [-0.2, 0) is 148 Å². The van der Waals surface area contributed by atoms with E-state index in [1.165, 1.54) is 0 Å². The van der Waals surface area contributed by atoms with Crippen molar-refractivity contribution >= 4 is 83.4 Å². The molecule has 0 unspecified atom stereocenters. The van der Waals surface area contributed by atoms with Gasteiger partial charge in [-0.2, -0.15) is 0 Å². The quantitative estimate of drug-likeness (QED) is 0.108. The third kappa shape index (κ3) is 20.5. The van der Waals surface area contributed by atoms with Crippen molar-refractivity contribution in [3.8, 4) is 0 Å². The van der Waals surface area contributed by atoms with Crippen molar-refractivity contribution in [2.24, 2.45) is 0 Å². The molecule has 0 amide bonds. The van der Waals surface area contributed by atoms with Crippen molar-refractivity contribution in [3.05, 3.63) is 29.8 Å². The highest BCUT2D eigenvalue weighted by Gasteiger charge is 2.61. The number of benzene rings is 1. The summed E-state index contributed by atoms with van der Waals surface area (Å²) >= 11 is 1.00. The highest BCUT2D eigenvalue weighted by Crippen LogP contribution is 2.42. The van der Waals surface area contributed by atoms with Crippen LogP contribution in [0.5, 0.6) is 0 Å². The van der Waals surface area contributed by atoms with Gasteiger partial charge in [0.05, 0.1) is 6.61 Å². The fraction of sp³-hybridized carbons (Fsp3) is 0.667. The van der Waals surface area contributed by atoms with Crippen LogP contribution >= 0.6 is 11.8 Å². The van der Waals surface area contributed by atoms with Gasteiger partial charge in [-0.1, -0.05) is 29.5 Å². The molecule has 478 valence electrons. The molecule has 19 atom stereocenters. The van der Waals surface area contributed by atoms with Gasteiger partial charge in [-0.05, 0) is 19.1 Å². The number of ether oxygens (including phenoxy) is 19. The maximum absolute atomic E-state index is 13.4. The summed E-state index contributed by atoms with van der Waals surface area (Å²) in [5.74, 6) is -11.8. The number of aryl methyl sites for hydroxylation is 1. The summed E-state index contributed by atoms with van der Waals surface area (Å²) < 4.78 is 113. The van der Waals surface area contributed by atoms with E-state index in [2.05, 4.69) is 0 Å². The number of hydrogen-bond donors (Lipinski definition) is 0. The molecular weight excluding hydrogens is 1180 g/mol. The smallest absolute Gasteiger partial charge is 0.303 e. The minimum Gasteiger partial charge on any atom is -0.463 e. The Morgan fingerprint density at radius 1 is 0.360 bits per heavy atom. The maximum Gasteiger partial charge on any atom is 0.303 e. The third-order valence-electron chi connectivity index (χ3n) is 12.4. The molecule has 1 aromatic rings. The predicted molar refractivity (Wildman–Crippen MR) is 277 cm³/mol. The molecule has 0 bridgehead atoms. The normalized spacial score (nSPS) is 31.4. The molecule has 4 heterocycles. The molecule has 4 saturated heterocycles. The number of esters is 12. The Morgan fingerprint density at radius 3 is 1.14 bits per heavy atom. The molecule has 0 aromatic heterocycles. The molecule has 0 radical (unpaired) electrons. The van der Waals surface area contributed by atoms with E-state index in [-0.39, 0.29) is 0 Å². The van der Waals surface area contributed by atoms with Crippen LogP contribution in [0.3, 0.4) is 0 Å². The molecule has 86 heavy (non-hydrogen) atoms. The van der Waals surface area contributed by atoms with Crippen LogP contribution < -0.4 is 0 Å². The van der Waals surface area contributed by atoms with Gasteiger partial charge in [0.1, 0.15) is 61.9 Å². The van der Waals surface area contributed by atoms with Crippen LogP contribution in [0.2, 0.25) is 0 Å². The number of carbonyl (C=O) groups is 12. The lowest BCUT2D eigenvalue weighted by atomic mass is 9.95. The molecule has 1 aromatic carbocycles. The first-order valence-corrected chi connectivity index (χ1v) is 27.5. The second kappa shape index (κ2) is 32.1. The highest BCUT2D eigenvalue weighted by molar-refractivity contribution is 7.99. The van der Waals surface area contributed by atoms with E-state index >= 15 is 0 Å². The molecule has 0 saturated carbocycles. The Balaban J connectivity index is 1.86. The predicted octanol–water partition coefficient (Wildman–Crippen LogP) is 0.848. The monoisotopic (exact) mass is 1250 g/mol. The van der Waals surface area contributed by atoms with Gasteiger partial charge in [-0.15, -0.1) is 0 Å². The van der Waals surface area contributed by atoms with E-state index in [1.54, 1.807) is 24.3 Å². The lowest BCUT2D eigenvalue weighted by molar-refractivity contribution is -0.398. The van der Waals surface area contributed by atoms with E-state index in [9.17, 15) is 57.5 Å². The van der Waals surface area contributed by atoms with Crippen LogP contribution in [0.4, 0.5) is 0 Å². The second-order valence-corrected chi connectivity index (χ2v) is 20.9. The fourth-order valence-electron chi connectivity index (χ4n) is 9.41. The summed E-state index contributed by atoms with van der Waals surface area (Å²) in [4.78, 5) is 155. The van der Waals surface area contributed by atoms with Crippen molar-refractivity contribution in [2.45, 2.75) is 211 Å². The van der Waals surface area contributed by atoms with E-state index in [0.717, 1.165) is 100 Å². The van der Waals surface area contributed by atoms with Gasteiger partial charge in [-0.3, -0.25) is 57.5 Å². The maximum atomic E-state index is 13.4. The van der Waals surface area contributed by atoms with Gasteiger partial charge in [0.25, 0.3) is 0 Å². The van der Waals surface area contributed by atoms with Crippen molar-refractivity contribution in [1.82, 2.24) is 0 Å². The first-order chi connectivity index (χ1) is 40.4. The van der Waals surface area contributed by atoms with E-state index < -0.39 is 214 Å². The van der Waals surface area contributed by atoms with Gasteiger partial charge >= 0.3 is 71.6 Å². The van der Waals surface area contributed by atoms with E-state index in [4.69, 9.17) is 90.0 Å². The molecule has 5 rings (SSSR count). The SMILES string of the molecule is CC(=O)OC[C@H]1O[C@@H](Sc2ccc(C)cc2)[C@H](OC(C)=O)[C@@H](OC(C)=O)[C@H]1O[C@@H]1O[C@H](COC(C)=O)[C@@H](OC(C)=O)[C@H](O[C@@H]2OC[C@@H](OC(C)=O)[C@H](OC(C)=O)[C@H]2OC(C)=O)[C@H]1O[C@@H]1O[C@H](COC(C)=O)[C@@H](OC(C)=O)[C@H](OC(C)=O)[C@H]1OC(C)=O. The summed E-state index contributed by atoms with van der Waals surface area (Å²) in [6.07, 6.45) is -34.1. The molecule has 0 spiro atoms. The summed E-state index contributed by atoms with van der Waals surface area (Å²) in [6, 6.07) is 7.00. The first-order valence-electron chi connectivity index (χ1n) is 26.6. The third-order valence-corrected chi connectivity index (χ3v) is 13.5. The number of carbonyl (C=O) groups excluding carboxylic acids is 12. The zero-order valence-corrected chi connectivity index (χ0v) is 50.0. The van der Waals surface area contributed by atoms with Crippen LogP contribution in [0, 0.1) is 6.92 Å². The Kier molecular flexibility index (Phi) is 26.0. The lowest BCUT2D eigenvalue weighted by Crippen LogP contribution is -2.69. The standard InChI is InChI=1S/C54H70O31S/c1-22-14-16-35(17-15-22)86-54-50(79-34(13)66)46(76-31(10)63)42(39(82-54)20-69-25(4)57)83-53-49(85-52-48(78-33(12)65)44(75-30(9)62)40(72-27(6)59)37(80-52)18-67-23(2)55)45(41(73-28(7)60)38(81-53)19-68-24(3)56)84-51-47(77-32(11)64)43(74-29(8)61)36(21-70-51)71-26(5)58/h14-17,36-54H,18-21H2,1-13H3/t36-,37-,38-,39-,40-,41-,42+,43+,44+,45+,46+,47-,48-,49-,50-,51+,52+,53+,54+/m1/s1. The van der Waals surface area contributed by atoms with Gasteiger partial charge < -0.3 is 90.0 Å². The Morgan fingerprint density at radius 2 is 0.698 bits per heavy atom. The number of hydrogen-bond acceptors (Lipinski definition) is 32. The zero-order chi connectivity index (χ0) is 63.9. The molecule has 4 aliphatic heterocycles. The summed E-state index contributed by atoms with van der Waals surface area (Å²) in [5, 5.41) is 0. The Labute approximate surface area is 496 Å². The first kappa shape index (κ1) is 69.7. The average molecular weight is 1250 g/mol. The topological polar surface area (TPSA) is 380 Å². The average Bonchev–Trinajstić information content (AvgIpc) is 0.838. The second-order valence-electron chi connectivity index (χ2n) is 19.7. The number of thioether (sulfide) groups is 1. The van der Waals surface area contributed by atoms with Crippen LogP contribution in [-0.4, -0.2) is 214 Å². The Hall–Kier alpha value is -7.07. The molecule has 31 nitrogen and oxygen atoms in total. The molecular formula is C54H70O31S. The highest BCUT2D eigenvalue weighted by atomic mass is 32.2. The van der Waals surface area contributed by atoms with Crippen molar-refractivity contribution in [1.29, 1.82) is 0 Å². The van der Waals surface area contributed by atoms with Gasteiger partial charge in [0.15, 0.2) is 73.8 Å². The summed E-state index contributed by atoms with van der Waals surface area (Å²) in [6.45, 7) is 10.7. The van der Waals surface area contributed by atoms with E-state index in [1.807, 2.05) is 6.92 Å². The van der Waals surface area contributed by atoms with Crippen LogP contribution in [0.15, 0.2) is 29.2 Å². The summed E-state index contributed by atoms with van der Waals surface area (Å²) in [5.41, 5.74) is -0.424. The van der Waals surface area contributed by atoms with Crippen molar-refractivity contribution in [2.75, 3.05) is 26.4 Å². The van der Waals surface area contributed by atoms with Crippen LogP contribution in [0.25, 0.3) is 0 Å². The minimum absolute atomic E-state index is 0.552. The minimum atomic E-state index is -2.25. The molecule has 4 aliphatic rings.